The molecule has 1 aliphatic rings. The first-order valence-corrected chi connectivity index (χ1v) is 6.09. The lowest BCUT2D eigenvalue weighted by Crippen LogP contribution is -2.36. The van der Waals surface area contributed by atoms with Gasteiger partial charge in [-0.3, -0.25) is 0 Å². The average molecular weight is 211 g/mol. The van der Waals surface area contributed by atoms with E-state index < -0.39 is 0 Å². The molecule has 88 valence electrons. The van der Waals surface area contributed by atoms with Crippen LogP contribution in [0.15, 0.2) is 11.6 Å². The molecule has 0 bridgehead atoms. The van der Waals surface area contributed by atoms with Crippen molar-refractivity contribution in [3.63, 3.8) is 0 Å². The van der Waals surface area contributed by atoms with Crippen molar-refractivity contribution in [2.45, 2.75) is 52.2 Å². The van der Waals surface area contributed by atoms with Gasteiger partial charge in [-0.05, 0) is 53.0 Å². The summed E-state index contributed by atoms with van der Waals surface area (Å²) in [6, 6.07) is 0.544. The van der Waals surface area contributed by atoms with E-state index in [0.717, 1.165) is 12.5 Å². The molecule has 1 fully saturated rings. The zero-order valence-electron chi connectivity index (χ0n) is 10.5. The minimum Gasteiger partial charge on any atom is -0.378 e. The van der Waals surface area contributed by atoms with Crippen LogP contribution in [0, 0.1) is 5.92 Å². The Morgan fingerprint density at radius 2 is 2.13 bits per heavy atom. The molecule has 0 spiro atoms. The first-order valence-electron chi connectivity index (χ1n) is 6.09. The smallest absolute Gasteiger partial charge is 0.0580 e. The van der Waals surface area contributed by atoms with Crippen LogP contribution >= 0.6 is 0 Å². The maximum atomic E-state index is 5.57. The van der Waals surface area contributed by atoms with Gasteiger partial charge >= 0.3 is 0 Å². The van der Waals surface area contributed by atoms with Gasteiger partial charge in [0.15, 0.2) is 0 Å². The summed E-state index contributed by atoms with van der Waals surface area (Å²) in [6.07, 6.45) is 6.63. The summed E-state index contributed by atoms with van der Waals surface area (Å²) < 4.78 is 5.57. The van der Waals surface area contributed by atoms with Crippen LogP contribution in [0.2, 0.25) is 0 Å². The summed E-state index contributed by atoms with van der Waals surface area (Å²) in [4.78, 5) is 0. The van der Waals surface area contributed by atoms with E-state index in [9.17, 15) is 0 Å². The third-order valence-electron chi connectivity index (χ3n) is 3.09. The Labute approximate surface area is 94.1 Å². The topological polar surface area (TPSA) is 21.3 Å². The highest BCUT2D eigenvalue weighted by molar-refractivity contribution is 5.02. The number of hydrogen-bond acceptors (Lipinski definition) is 2. The average Bonchev–Trinajstić information content (AvgIpc) is 2.12. The van der Waals surface area contributed by atoms with Gasteiger partial charge in [-0.1, -0.05) is 11.6 Å². The van der Waals surface area contributed by atoms with Gasteiger partial charge in [-0.25, -0.2) is 0 Å². The van der Waals surface area contributed by atoms with Crippen molar-refractivity contribution in [1.29, 1.82) is 0 Å². The lowest BCUT2D eigenvalue weighted by molar-refractivity contribution is -0.0277. The largest absolute Gasteiger partial charge is 0.378 e. The molecule has 1 unspecified atom stereocenters. The minimum absolute atomic E-state index is 0.544. The van der Waals surface area contributed by atoms with Crippen LogP contribution in [0.3, 0.4) is 0 Å². The first-order chi connectivity index (χ1) is 7.15. The van der Waals surface area contributed by atoms with Crippen LogP contribution in [-0.2, 0) is 4.74 Å². The SMILES string of the molecule is CCOC1CC(CC(C=C(C)C)NC)C1. The fourth-order valence-corrected chi connectivity index (χ4v) is 2.27. The predicted octanol–water partition coefficient (Wildman–Crippen LogP) is 2.75. The van der Waals surface area contributed by atoms with E-state index in [0.29, 0.717) is 12.1 Å². The third kappa shape index (κ3) is 4.35. The van der Waals surface area contributed by atoms with Gasteiger partial charge in [0.05, 0.1) is 6.10 Å². The van der Waals surface area contributed by atoms with Crippen molar-refractivity contribution in [2.24, 2.45) is 5.92 Å². The number of likely N-dealkylation sites (N-methyl/N-ethyl adjacent to an activating group) is 1. The summed E-state index contributed by atoms with van der Waals surface area (Å²) in [7, 11) is 2.04. The Kier molecular flexibility index (Phi) is 5.34. The van der Waals surface area contributed by atoms with E-state index in [1.54, 1.807) is 0 Å². The zero-order valence-corrected chi connectivity index (χ0v) is 10.5. The van der Waals surface area contributed by atoms with Gasteiger partial charge < -0.3 is 10.1 Å². The lowest BCUT2D eigenvalue weighted by atomic mass is 9.78. The Hall–Kier alpha value is -0.340. The standard InChI is InChI=1S/C13H25NO/c1-5-15-13-8-11(9-13)7-12(14-4)6-10(2)3/h6,11-14H,5,7-9H2,1-4H3. The van der Waals surface area contributed by atoms with Crippen molar-refractivity contribution in [3.05, 3.63) is 11.6 Å². The maximum Gasteiger partial charge on any atom is 0.0580 e. The molecule has 1 N–H and O–H groups in total. The lowest BCUT2D eigenvalue weighted by Gasteiger charge is -2.36. The molecular formula is C13H25NO. The number of ether oxygens (including phenoxy) is 1. The molecule has 0 aliphatic heterocycles. The number of nitrogens with one attached hydrogen (secondary N) is 1. The Morgan fingerprint density at radius 1 is 1.47 bits per heavy atom. The molecule has 0 saturated heterocycles. The van der Waals surface area contributed by atoms with Crippen molar-refractivity contribution >= 4 is 0 Å². The van der Waals surface area contributed by atoms with Gasteiger partial charge in [0.25, 0.3) is 0 Å². The van der Waals surface area contributed by atoms with Gasteiger partial charge in [-0.15, -0.1) is 0 Å². The molecule has 0 radical (unpaired) electrons. The van der Waals surface area contributed by atoms with Crippen LogP contribution < -0.4 is 5.32 Å². The van der Waals surface area contributed by atoms with Crippen LogP contribution in [0.5, 0.6) is 0 Å². The molecule has 1 aliphatic carbocycles. The Morgan fingerprint density at radius 3 is 2.60 bits per heavy atom. The maximum absolute atomic E-state index is 5.57. The van der Waals surface area contributed by atoms with E-state index in [1.807, 2.05) is 7.05 Å². The van der Waals surface area contributed by atoms with Crippen LogP contribution in [0.4, 0.5) is 0 Å². The fourth-order valence-electron chi connectivity index (χ4n) is 2.27. The Bertz CT molecular complexity index is 203. The van der Waals surface area contributed by atoms with Crippen molar-refractivity contribution in [3.8, 4) is 0 Å². The zero-order chi connectivity index (χ0) is 11.3. The summed E-state index contributed by atoms with van der Waals surface area (Å²) in [6.45, 7) is 7.26. The summed E-state index contributed by atoms with van der Waals surface area (Å²) >= 11 is 0. The third-order valence-corrected chi connectivity index (χ3v) is 3.09. The molecule has 1 saturated carbocycles. The van der Waals surface area contributed by atoms with Gasteiger partial charge in [0, 0.05) is 12.6 Å². The molecule has 2 nitrogen and oxygen atoms in total. The molecule has 0 amide bonds. The van der Waals surface area contributed by atoms with Crippen molar-refractivity contribution in [2.75, 3.05) is 13.7 Å². The highest BCUT2D eigenvalue weighted by atomic mass is 16.5. The second-order valence-corrected chi connectivity index (χ2v) is 4.79. The molecular weight excluding hydrogens is 186 g/mol. The first kappa shape index (κ1) is 12.7. The van der Waals surface area contributed by atoms with Crippen molar-refractivity contribution in [1.82, 2.24) is 5.32 Å². The second kappa shape index (κ2) is 6.29. The number of rotatable bonds is 6. The number of hydrogen-bond donors (Lipinski definition) is 1. The molecule has 2 heteroatoms. The van der Waals surface area contributed by atoms with E-state index in [4.69, 9.17) is 4.74 Å². The molecule has 0 heterocycles. The van der Waals surface area contributed by atoms with Gasteiger partial charge in [0.2, 0.25) is 0 Å². The molecule has 0 aromatic rings. The molecule has 15 heavy (non-hydrogen) atoms. The second-order valence-electron chi connectivity index (χ2n) is 4.79. The van der Waals surface area contributed by atoms with Gasteiger partial charge in [0.1, 0.15) is 0 Å². The number of allylic oxidation sites excluding steroid dienone is 1. The summed E-state index contributed by atoms with van der Waals surface area (Å²) in [5.74, 6) is 0.856. The van der Waals surface area contributed by atoms with Crippen molar-refractivity contribution < 1.29 is 4.74 Å². The monoisotopic (exact) mass is 211 g/mol. The van der Waals surface area contributed by atoms with E-state index in [-0.39, 0.29) is 0 Å². The summed E-state index contributed by atoms with van der Waals surface area (Å²) in [5, 5.41) is 3.36. The van der Waals surface area contributed by atoms with E-state index in [2.05, 4.69) is 32.2 Å². The normalized spacial score (nSPS) is 26.9. The Balaban J connectivity index is 2.22. The van der Waals surface area contributed by atoms with E-state index in [1.165, 1.54) is 24.8 Å². The van der Waals surface area contributed by atoms with Crippen LogP contribution in [0.1, 0.15) is 40.0 Å². The predicted molar refractivity (Wildman–Crippen MR) is 65.0 cm³/mol. The highest BCUT2D eigenvalue weighted by Gasteiger charge is 2.30. The molecule has 1 atom stereocenters. The molecule has 0 aromatic heterocycles. The fraction of sp³-hybridized carbons (Fsp3) is 0.846. The van der Waals surface area contributed by atoms with Crippen LogP contribution in [0.25, 0.3) is 0 Å². The minimum atomic E-state index is 0.544. The van der Waals surface area contributed by atoms with Gasteiger partial charge in [-0.2, -0.15) is 0 Å². The highest BCUT2D eigenvalue weighted by Crippen LogP contribution is 2.33. The van der Waals surface area contributed by atoms with Crippen LogP contribution in [-0.4, -0.2) is 25.8 Å². The molecule has 1 rings (SSSR count). The molecule has 0 aromatic carbocycles. The summed E-state index contributed by atoms with van der Waals surface area (Å²) in [5.41, 5.74) is 1.40. The van der Waals surface area contributed by atoms with E-state index >= 15 is 0 Å². The quantitative estimate of drug-likeness (QED) is 0.682.